The maximum Gasteiger partial charge on any atom is 0.305 e. The fraction of sp³-hybridized carbons (Fsp3) is 0.879. The molecule has 0 aromatic rings. The molecule has 0 fully saturated rings. The van der Waals surface area contributed by atoms with E-state index in [2.05, 4.69) is 55.6 Å². The van der Waals surface area contributed by atoms with Crippen molar-refractivity contribution in [2.75, 3.05) is 13.2 Å². The number of nitrogens with one attached hydrogen (secondary N) is 1. The van der Waals surface area contributed by atoms with Crippen molar-refractivity contribution in [2.24, 2.45) is 0 Å². The molecule has 3 N–H and O–H groups in total. The van der Waals surface area contributed by atoms with Crippen molar-refractivity contribution in [1.82, 2.24) is 5.32 Å². The average molecular weight is 1010 g/mol. The average Bonchev–Trinajstić information content (AvgIpc) is 3.38. The summed E-state index contributed by atoms with van der Waals surface area (Å²) in [6, 6.07) is -0.537. The first-order valence-corrected chi connectivity index (χ1v) is 32.2. The minimum Gasteiger partial charge on any atom is -0.466 e. The molecule has 2 unspecified atom stereocenters. The van der Waals surface area contributed by atoms with E-state index in [0.29, 0.717) is 25.9 Å². The first-order valence-electron chi connectivity index (χ1n) is 32.2. The van der Waals surface area contributed by atoms with Crippen LogP contribution in [0.1, 0.15) is 348 Å². The number of carbonyl (C=O) groups excluding carboxylic acids is 2. The number of aliphatic hydroxyl groups is 2. The van der Waals surface area contributed by atoms with Gasteiger partial charge in [-0.05, 0) is 83.5 Å². The van der Waals surface area contributed by atoms with Crippen molar-refractivity contribution in [3.63, 3.8) is 0 Å². The highest BCUT2D eigenvalue weighted by Crippen LogP contribution is 2.18. The molecule has 72 heavy (non-hydrogen) atoms. The Kier molecular flexibility index (Phi) is 60.0. The predicted octanol–water partition coefficient (Wildman–Crippen LogP) is 20.4. The molecular formula is C66H125NO5. The van der Waals surface area contributed by atoms with Crippen LogP contribution in [-0.2, 0) is 14.3 Å². The molecule has 0 aliphatic carbocycles. The van der Waals surface area contributed by atoms with Crippen LogP contribution in [0, 0.1) is 0 Å². The predicted molar refractivity (Wildman–Crippen MR) is 315 cm³/mol. The molecule has 0 aliphatic rings. The summed E-state index contributed by atoms with van der Waals surface area (Å²) >= 11 is 0. The first-order chi connectivity index (χ1) is 35.5. The lowest BCUT2D eigenvalue weighted by Crippen LogP contribution is -2.45. The fourth-order valence-corrected chi connectivity index (χ4v) is 9.96. The summed E-state index contributed by atoms with van der Waals surface area (Å²) in [6.07, 6.45) is 77.6. The molecule has 2 atom stereocenters. The number of ether oxygens (including phenoxy) is 1. The van der Waals surface area contributed by atoms with E-state index in [1.165, 1.54) is 263 Å². The molecule has 0 radical (unpaired) electrons. The normalized spacial score (nSPS) is 12.8. The summed E-state index contributed by atoms with van der Waals surface area (Å²) in [5, 5.41) is 23.1. The molecule has 0 aromatic heterocycles. The van der Waals surface area contributed by atoms with Gasteiger partial charge < -0.3 is 20.3 Å². The van der Waals surface area contributed by atoms with E-state index >= 15 is 0 Å². The zero-order valence-corrected chi connectivity index (χ0v) is 48.4. The molecule has 0 saturated heterocycles. The Bertz CT molecular complexity index is 1170. The van der Waals surface area contributed by atoms with Gasteiger partial charge in [0.1, 0.15) is 0 Å². The molecule has 6 heteroatoms. The molecule has 0 rings (SSSR count). The summed E-state index contributed by atoms with van der Waals surface area (Å²) in [6.45, 7) is 4.91. The zero-order valence-electron chi connectivity index (χ0n) is 48.4. The van der Waals surface area contributed by atoms with E-state index in [4.69, 9.17) is 4.74 Å². The van der Waals surface area contributed by atoms with Crippen LogP contribution in [0.4, 0.5) is 0 Å². The van der Waals surface area contributed by atoms with E-state index in [1.807, 2.05) is 0 Å². The first kappa shape index (κ1) is 70.1. The van der Waals surface area contributed by atoms with Gasteiger partial charge >= 0.3 is 5.97 Å². The Morgan fingerprint density at radius 2 is 0.694 bits per heavy atom. The highest BCUT2D eigenvalue weighted by atomic mass is 16.5. The summed E-state index contributed by atoms with van der Waals surface area (Å²) < 4.78 is 5.48. The molecule has 0 heterocycles. The second-order valence-electron chi connectivity index (χ2n) is 22.1. The second kappa shape index (κ2) is 61.6. The van der Waals surface area contributed by atoms with Gasteiger partial charge in [-0.1, -0.05) is 288 Å². The Morgan fingerprint density at radius 3 is 1.10 bits per heavy atom. The van der Waals surface area contributed by atoms with Gasteiger partial charge in [0.05, 0.1) is 25.4 Å². The number of amides is 1. The molecule has 0 saturated carbocycles. The van der Waals surface area contributed by atoms with Gasteiger partial charge in [0, 0.05) is 12.8 Å². The lowest BCUT2D eigenvalue weighted by atomic mass is 10.0. The van der Waals surface area contributed by atoms with Crippen LogP contribution in [0.25, 0.3) is 0 Å². The van der Waals surface area contributed by atoms with Gasteiger partial charge in [-0.15, -0.1) is 0 Å². The standard InChI is InChI=1S/C66H125NO5/c1-3-5-7-9-11-13-14-15-33-37-40-44-48-52-56-60-66(71)72-61-57-53-49-45-41-38-35-32-30-28-26-24-22-20-18-16-17-19-21-23-25-27-29-31-34-36-39-43-47-51-55-59-65(70)67-63(62-68)64(69)58-54-50-46-42-12-10-8-6-4-2/h11,13,15,18,20,33,63-64,68-69H,3-10,12,14,16-17,19,21-32,34-62H2,1-2H3,(H,67,70)/b13-11-,20-18-,33-15-. The Labute approximate surface area is 449 Å². The molecule has 0 aliphatic heterocycles. The molecule has 424 valence electrons. The monoisotopic (exact) mass is 1010 g/mol. The Morgan fingerprint density at radius 1 is 0.389 bits per heavy atom. The van der Waals surface area contributed by atoms with Gasteiger partial charge in [0.25, 0.3) is 0 Å². The number of hydrogen-bond acceptors (Lipinski definition) is 5. The minimum atomic E-state index is -0.660. The van der Waals surface area contributed by atoms with Gasteiger partial charge in [0.2, 0.25) is 5.91 Å². The van der Waals surface area contributed by atoms with E-state index in [1.54, 1.807) is 0 Å². The number of unbranched alkanes of at least 4 members (excludes halogenated alkanes) is 43. The van der Waals surface area contributed by atoms with E-state index in [9.17, 15) is 19.8 Å². The maximum atomic E-state index is 12.4. The maximum absolute atomic E-state index is 12.4. The lowest BCUT2D eigenvalue weighted by molar-refractivity contribution is -0.143. The lowest BCUT2D eigenvalue weighted by Gasteiger charge is -2.22. The summed E-state index contributed by atoms with van der Waals surface area (Å²) in [4.78, 5) is 24.5. The van der Waals surface area contributed by atoms with Crippen molar-refractivity contribution in [3.05, 3.63) is 36.5 Å². The number of allylic oxidation sites excluding steroid dienone is 6. The van der Waals surface area contributed by atoms with Crippen LogP contribution in [-0.4, -0.2) is 47.4 Å². The van der Waals surface area contributed by atoms with Gasteiger partial charge in [-0.25, -0.2) is 0 Å². The smallest absolute Gasteiger partial charge is 0.305 e. The highest BCUT2D eigenvalue weighted by molar-refractivity contribution is 5.76. The fourth-order valence-electron chi connectivity index (χ4n) is 9.96. The number of esters is 1. The topological polar surface area (TPSA) is 95.9 Å². The number of hydrogen-bond donors (Lipinski definition) is 3. The molecule has 6 nitrogen and oxygen atoms in total. The van der Waals surface area contributed by atoms with Gasteiger partial charge in [-0.2, -0.15) is 0 Å². The third kappa shape index (κ3) is 57.4. The zero-order chi connectivity index (χ0) is 52.2. The minimum absolute atomic E-state index is 0.00355. The molecular weight excluding hydrogens is 887 g/mol. The second-order valence-corrected chi connectivity index (χ2v) is 22.1. The number of carbonyl (C=O) groups is 2. The summed E-state index contributed by atoms with van der Waals surface area (Å²) in [5.74, 6) is -0.0310. The summed E-state index contributed by atoms with van der Waals surface area (Å²) in [7, 11) is 0. The third-order valence-electron chi connectivity index (χ3n) is 14.9. The quantitative estimate of drug-likeness (QED) is 0.0320. The van der Waals surface area contributed by atoms with Crippen molar-refractivity contribution < 1.29 is 24.5 Å². The van der Waals surface area contributed by atoms with E-state index < -0.39 is 12.1 Å². The van der Waals surface area contributed by atoms with Crippen LogP contribution < -0.4 is 5.32 Å². The van der Waals surface area contributed by atoms with Crippen molar-refractivity contribution in [2.45, 2.75) is 360 Å². The Hall–Kier alpha value is -1.92. The van der Waals surface area contributed by atoms with Crippen LogP contribution >= 0.6 is 0 Å². The molecule has 1 amide bonds. The van der Waals surface area contributed by atoms with Crippen molar-refractivity contribution in [1.29, 1.82) is 0 Å². The van der Waals surface area contributed by atoms with Crippen molar-refractivity contribution in [3.8, 4) is 0 Å². The largest absolute Gasteiger partial charge is 0.466 e. The molecule has 0 aromatic carbocycles. The van der Waals surface area contributed by atoms with E-state index in [-0.39, 0.29) is 18.5 Å². The van der Waals surface area contributed by atoms with Crippen LogP contribution in [0.3, 0.4) is 0 Å². The molecule has 0 bridgehead atoms. The highest BCUT2D eigenvalue weighted by Gasteiger charge is 2.20. The van der Waals surface area contributed by atoms with Crippen LogP contribution in [0.15, 0.2) is 36.5 Å². The Balaban J connectivity index is 3.33. The van der Waals surface area contributed by atoms with Crippen molar-refractivity contribution >= 4 is 11.9 Å². The van der Waals surface area contributed by atoms with Gasteiger partial charge in [0.15, 0.2) is 0 Å². The SMILES string of the molecule is CCCCC/C=C\C/C=C\CCCCCCCC(=O)OCCCCCCCCCCCCCC/C=C\CCCCCCCCCCCCCCCCCC(=O)NC(CO)C(O)CCCCCCCCCCC. The van der Waals surface area contributed by atoms with Crippen LogP contribution in [0.2, 0.25) is 0 Å². The third-order valence-corrected chi connectivity index (χ3v) is 14.9. The number of rotatable bonds is 60. The number of aliphatic hydroxyl groups excluding tert-OH is 2. The van der Waals surface area contributed by atoms with E-state index in [0.717, 1.165) is 51.4 Å². The molecule has 0 spiro atoms. The summed E-state index contributed by atoms with van der Waals surface area (Å²) in [5.41, 5.74) is 0. The van der Waals surface area contributed by atoms with Gasteiger partial charge in [-0.3, -0.25) is 9.59 Å². The van der Waals surface area contributed by atoms with Crippen LogP contribution in [0.5, 0.6) is 0 Å².